The molecule has 4 nitrogen and oxygen atoms in total. The molecule has 0 saturated carbocycles. The molecule has 1 unspecified atom stereocenters. The molecule has 4 heteroatoms. The lowest BCUT2D eigenvalue weighted by atomic mass is 10.00. The third-order valence-electron chi connectivity index (χ3n) is 4.14. The summed E-state index contributed by atoms with van der Waals surface area (Å²) in [7, 11) is 1.84. The lowest BCUT2D eigenvalue weighted by Gasteiger charge is -2.30. The van der Waals surface area contributed by atoms with E-state index in [0.29, 0.717) is 11.6 Å². The predicted molar refractivity (Wildman–Crippen MR) is 85.6 cm³/mol. The van der Waals surface area contributed by atoms with E-state index in [0.717, 1.165) is 36.1 Å². The summed E-state index contributed by atoms with van der Waals surface area (Å²) in [5, 5.41) is 5.19. The number of likely N-dealkylation sites (tertiary alicyclic amines) is 1. The van der Waals surface area contributed by atoms with Crippen LogP contribution in [0.1, 0.15) is 30.3 Å². The molecule has 0 bridgehead atoms. The Bertz CT molecular complexity index is 668. The minimum Gasteiger partial charge on any atom is -0.373 e. The van der Waals surface area contributed by atoms with Crippen molar-refractivity contribution in [3.05, 3.63) is 36.0 Å². The van der Waals surface area contributed by atoms with Crippen molar-refractivity contribution in [1.29, 1.82) is 0 Å². The van der Waals surface area contributed by atoms with Gasteiger partial charge in [0.1, 0.15) is 11.5 Å². The van der Waals surface area contributed by atoms with Gasteiger partial charge in [-0.2, -0.15) is 0 Å². The van der Waals surface area contributed by atoms with E-state index in [1.807, 2.05) is 42.3 Å². The van der Waals surface area contributed by atoms with Crippen LogP contribution in [0, 0.1) is 5.92 Å². The minimum absolute atomic E-state index is 0.0452. The first-order valence-electron chi connectivity index (χ1n) is 7.56. The molecule has 1 fully saturated rings. The molecule has 0 spiro atoms. The summed E-state index contributed by atoms with van der Waals surface area (Å²) in [6.45, 7) is 3.88. The second-order valence-corrected chi connectivity index (χ2v) is 5.83. The highest BCUT2D eigenvalue weighted by Crippen LogP contribution is 2.24. The molecule has 2 heterocycles. The zero-order valence-corrected chi connectivity index (χ0v) is 12.6. The summed E-state index contributed by atoms with van der Waals surface area (Å²) in [5.74, 6) is 1.39. The van der Waals surface area contributed by atoms with Gasteiger partial charge in [0, 0.05) is 25.5 Å². The number of fused-ring (bicyclic) bond motifs is 1. The molecule has 1 amide bonds. The molecule has 21 heavy (non-hydrogen) atoms. The number of benzene rings is 1. The Hall–Kier alpha value is -2.10. The fourth-order valence-electron chi connectivity index (χ4n) is 3.03. The Morgan fingerprint density at radius 3 is 2.95 bits per heavy atom. The summed E-state index contributed by atoms with van der Waals surface area (Å²) in [4.78, 5) is 19.1. The highest BCUT2D eigenvalue weighted by Gasteiger charge is 2.23. The van der Waals surface area contributed by atoms with Crippen LogP contribution in [0.25, 0.3) is 10.8 Å². The van der Waals surface area contributed by atoms with Gasteiger partial charge in [-0.3, -0.25) is 4.79 Å². The Labute approximate surface area is 125 Å². The van der Waals surface area contributed by atoms with Crippen LogP contribution in [0.2, 0.25) is 0 Å². The van der Waals surface area contributed by atoms with Gasteiger partial charge in [0.25, 0.3) is 5.91 Å². The van der Waals surface area contributed by atoms with Crippen molar-refractivity contribution < 1.29 is 4.79 Å². The molecule has 1 aromatic carbocycles. The molecule has 1 aromatic heterocycles. The Balaban J connectivity index is 1.98. The largest absolute Gasteiger partial charge is 0.373 e. The molecule has 2 aromatic rings. The molecule has 1 aliphatic heterocycles. The van der Waals surface area contributed by atoms with Gasteiger partial charge < -0.3 is 10.2 Å². The molecule has 0 aliphatic carbocycles. The highest BCUT2D eigenvalue weighted by molar-refractivity contribution is 6.00. The number of hydrogen-bond acceptors (Lipinski definition) is 3. The number of pyridine rings is 1. The van der Waals surface area contributed by atoms with Gasteiger partial charge in [-0.05, 0) is 30.2 Å². The van der Waals surface area contributed by atoms with Crippen LogP contribution < -0.4 is 5.32 Å². The van der Waals surface area contributed by atoms with Gasteiger partial charge in [0.15, 0.2) is 0 Å². The van der Waals surface area contributed by atoms with E-state index in [1.54, 1.807) is 0 Å². The average molecular weight is 283 g/mol. The number of nitrogens with zero attached hydrogens (tertiary/aromatic N) is 2. The van der Waals surface area contributed by atoms with Gasteiger partial charge in [0.2, 0.25) is 0 Å². The maximum atomic E-state index is 12.7. The number of anilines is 1. The molecule has 3 rings (SSSR count). The number of rotatable bonds is 2. The molecule has 1 N–H and O–H groups in total. The molecule has 110 valence electrons. The van der Waals surface area contributed by atoms with Crippen LogP contribution in [0.3, 0.4) is 0 Å². The van der Waals surface area contributed by atoms with Gasteiger partial charge in [-0.15, -0.1) is 0 Å². The number of aromatic nitrogens is 1. The van der Waals surface area contributed by atoms with Crippen LogP contribution in [-0.4, -0.2) is 35.9 Å². The van der Waals surface area contributed by atoms with Crippen molar-refractivity contribution in [3.63, 3.8) is 0 Å². The molecular formula is C17H21N3O. The van der Waals surface area contributed by atoms with E-state index in [-0.39, 0.29) is 5.91 Å². The lowest BCUT2D eigenvalue weighted by molar-refractivity contribution is 0.0677. The van der Waals surface area contributed by atoms with E-state index < -0.39 is 0 Å². The second kappa shape index (κ2) is 5.72. The first-order chi connectivity index (χ1) is 10.2. The second-order valence-electron chi connectivity index (χ2n) is 5.83. The van der Waals surface area contributed by atoms with Crippen LogP contribution in [0.4, 0.5) is 5.82 Å². The van der Waals surface area contributed by atoms with E-state index in [9.17, 15) is 4.79 Å². The van der Waals surface area contributed by atoms with E-state index >= 15 is 0 Å². The standard InChI is InChI=1S/C17H21N3O/c1-12-6-5-9-20(11-12)17(21)15-10-13-7-3-4-8-14(13)16(18-2)19-15/h3-4,7-8,10,12H,5-6,9,11H2,1-2H3,(H,18,19). The highest BCUT2D eigenvalue weighted by atomic mass is 16.2. The molecule has 1 saturated heterocycles. The SMILES string of the molecule is CNc1nc(C(=O)N2CCCC(C)C2)cc2ccccc12. The van der Waals surface area contributed by atoms with Crippen molar-refractivity contribution in [2.24, 2.45) is 5.92 Å². The van der Waals surface area contributed by atoms with Crippen molar-refractivity contribution in [2.75, 3.05) is 25.5 Å². The smallest absolute Gasteiger partial charge is 0.272 e. The number of carbonyl (C=O) groups is 1. The van der Waals surface area contributed by atoms with E-state index in [2.05, 4.69) is 17.2 Å². The third kappa shape index (κ3) is 2.71. The molecule has 1 aliphatic rings. The third-order valence-corrected chi connectivity index (χ3v) is 4.14. The zero-order chi connectivity index (χ0) is 14.8. The zero-order valence-electron chi connectivity index (χ0n) is 12.6. The molecule has 1 atom stereocenters. The van der Waals surface area contributed by atoms with Crippen LogP contribution in [0.15, 0.2) is 30.3 Å². The average Bonchev–Trinajstić information content (AvgIpc) is 2.53. The van der Waals surface area contributed by atoms with E-state index in [4.69, 9.17) is 0 Å². The minimum atomic E-state index is 0.0452. The fraction of sp³-hybridized carbons (Fsp3) is 0.412. The van der Waals surface area contributed by atoms with E-state index in [1.165, 1.54) is 6.42 Å². The summed E-state index contributed by atoms with van der Waals surface area (Å²) < 4.78 is 0. The van der Waals surface area contributed by atoms with Crippen molar-refractivity contribution in [1.82, 2.24) is 9.88 Å². The summed E-state index contributed by atoms with van der Waals surface area (Å²) in [5.41, 5.74) is 0.534. The molecule has 0 radical (unpaired) electrons. The first-order valence-corrected chi connectivity index (χ1v) is 7.56. The number of carbonyl (C=O) groups excluding carboxylic acids is 1. The number of amides is 1. The van der Waals surface area contributed by atoms with Crippen LogP contribution in [0.5, 0.6) is 0 Å². The predicted octanol–water partition coefficient (Wildman–Crippen LogP) is 3.15. The summed E-state index contributed by atoms with van der Waals surface area (Å²) >= 11 is 0. The van der Waals surface area contributed by atoms with Crippen molar-refractivity contribution >= 4 is 22.5 Å². The normalized spacial score (nSPS) is 18.8. The Kier molecular flexibility index (Phi) is 3.78. The monoisotopic (exact) mass is 283 g/mol. The van der Waals surface area contributed by atoms with Gasteiger partial charge >= 0.3 is 0 Å². The maximum absolute atomic E-state index is 12.7. The number of piperidine rings is 1. The topological polar surface area (TPSA) is 45.2 Å². The summed E-state index contributed by atoms with van der Waals surface area (Å²) in [6.07, 6.45) is 2.29. The van der Waals surface area contributed by atoms with Crippen LogP contribution in [-0.2, 0) is 0 Å². The fourth-order valence-corrected chi connectivity index (χ4v) is 3.03. The van der Waals surface area contributed by atoms with Gasteiger partial charge in [0.05, 0.1) is 0 Å². The van der Waals surface area contributed by atoms with Crippen molar-refractivity contribution in [3.8, 4) is 0 Å². The lowest BCUT2D eigenvalue weighted by Crippen LogP contribution is -2.39. The Morgan fingerprint density at radius 2 is 2.19 bits per heavy atom. The van der Waals surface area contributed by atoms with Gasteiger partial charge in [-0.1, -0.05) is 31.2 Å². The van der Waals surface area contributed by atoms with Crippen LogP contribution >= 0.6 is 0 Å². The Morgan fingerprint density at radius 1 is 1.38 bits per heavy atom. The quantitative estimate of drug-likeness (QED) is 0.921. The first kappa shape index (κ1) is 13.9. The van der Waals surface area contributed by atoms with Crippen molar-refractivity contribution in [2.45, 2.75) is 19.8 Å². The molecular weight excluding hydrogens is 262 g/mol. The number of hydrogen-bond donors (Lipinski definition) is 1. The summed E-state index contributed by atoms with van der Waals surface area (Å²) in [6, 6.07) is 9.91. The maximum Gasteiger partial charge on any atom is 0.272 e. The van der Waals surface area contributed by atoms with Gasteiger partial charge in [-0.25, -0.2) is 4.98 Å². The number of nitrogens with one attached hydrogen (secondary N) is 1.